The van der Waals surface area contributed by atoms with E-state index in [4.69, 9.17) is 0 Å². The normalized spacial score (nSPS) is 22.8. The van der Waals surface area contributed by atoms with Gasteiger partial charge >= 0.3 is 0 Å². The van der Waals surface area contributed by atoms with E-state index in [2.05, 4.69) is 11.5 Å². The third-order valence-corrected chi connectivity index (χ3v) is 3.28. The summed E-state index contributed by atoms with van der Waals surface area (Å²) < 4.78 is 0. The Balaban J connectivity index is 2.68. The molecule has 1 aliphatic rings. The van der Waals surface area contributed by atoms with Gasteiger partial charge in [-0.1, -0.05) is 31.7 Å². The quantitative estimate of drug-likeness (QED) is 0.631. The molecule has 17 heavy (non-hydrogen) atoms. The molecule has 0 radical (unpaired) electrons. The third-order valence-electron chi connectivity index (χ3n) is 3.28. The monoisotopic (exact) mass is 233 g/mol. The molecule has 1 aromatic carbocycles. The molecule has 0 spiro atoms. The van der Waals surface area contributed by atoms with Gasteiger partial charge in [-0.25, -0.2) is 4.89 Å². The van der Waals surface area contributed by atoms with Crippen LogP contribution in [0.1, 0.15) is 25.8 Å². The Morgan fingerprint density at radius 1 is 1.53 bits per heavy atom. The molecule has 0 aromatic heterocycles. The standard InChI is InChI=1S/C13H15NO3/c1-4-13(17-16)9(2)14(10(3)15)12-8-6-5-7-11(12)13/h5-8,16H,2,4H2,1,3H3. The Bertz CT molecular complexity index is 477. The van der Waals surface area contributed by atoms with Crippen molar-refractivity contribution >= 4 is 11.6 Å². The molecule has 0 saturated heterocycles. The molecule has 4 heteroatoms. The minimum atomic E-state index is -1.01. The molecule has 0 saturated carbocycles. The molecule has 90 valence electrons. The Hall–Kier alpha value is -1.65. The minimum Gasteiger partial charge on any atom is -0.282 e. The van der Waals surface area contributed by atoms with Crippen molar-refractivity contribution in [3.8, 4) is 0 Å². The van der Waals surface area contributed by atoms with E-state index in [1.54, 1.807) is 0 Å². The number of benzene rings is 1. The van der Waals surface area contributed by atoms with E-state index in [9.17, 15) is 10.1 Å². The number of nitrogens with zero attached hydrogens (tertiary/aromatic N) is 1. The summed E-state index contributed by atoms with van der Waals surface area (Å²) in [4.78, 5) is 17.8. The lowest BCUT2D eigenvalue weighted by molar-refractivity contribution is -0.316. The van der Waals surface area contributed by atoms with Gasteiger partial charge in [-0.15, -0.1) is 0 Å². The zero-order valence-corrected chi connectivity index (χ0v) is 9.93. The Morgan fingerprint density at radius 2 is 2.18 bits per heavy atom. The first kappa shape index (κ1) is 11.8. The lowest BCUT2D eigenvalue weighted by atomic mass is 9.91. The van der Waals surface area contributed by atoms with Crippen LogP contribution < -0.4 is 4.90 Å². The first-order valence-corrected chi connectivity index (χ1v) is 5.50. The number of amides is 1. The van der Waals surface area contributed by atoms with Crippen LogP contribution in [-0.2, 0) is 15.3 Å². The molecule has 1 aromatic rings. The van der Waals surface area contributed by atoms with Gasteiger partial charge in [0, 0.05) is 12.5 Å². The van der Waals surface area contributed by atoms with Gasteiger partial charge in [0.05, 0.1) is 11.4 Å². The number of anilines is 1. The summed E-state index contributed by atoms with van der Waals surface area (Å²) in [6, 6.07) is 7.34. The highest BCUT2D eigenvalue weighted by Crippen LogP contribution is 2.49. The summed E-state index contributed by atoms with van der Waals surface area (Å²) in [7, 11) is 0. The van der Waals surface area contributed by atoms with E-state index in [0.29, 0.717) is 12.1 Å². The maximum absolute atomic E-state index is 11.7. The van der Waals surface area contributed by atoms with Crippen molar-refractivity contribution in [3.63, 3.8) is 0 Å². The predicted octanol–water partition coefficient (Wildman–Crippen LogP) is 2.66. The molecule has 1 amide bonds. The van der Waals surface area contributed by atoms with E-state index in [0.717, 1.165) is 11.3 Å². The summed E-state index contributed by atoms with van der Waals surface area (Å²) in [5.74, 6) is -0.144. The Labute approximate surface area is 100 Å². The van der Waals surface area contributed by atoms with Gasteiger partial charge in [-0.05, 0) is 12.5 Å². The Kier molecular flexibility index (Phi) is 2.77. The fourth-order valence-corrected chi connectivity index (χ4v) is 2.41. The van der Waals surface area contributed by atoms with Crippen LogP contribution in [0.4, 0.5) is 5.69 Å². The van der Waals surface area contributed by atoms with E-state index in [-0.39, 0.29) is 5.91 Å². The van der Waals surface area contributed by atoms with Crippen LogP contribution in [0, 0.1) is 0 Å². The van der Waals surface area contributed by atoms with Gasteiger partial charge < -0.3 is 0 Å². The first-order valence-electron chi connectivity index (χ1n) is 5.50. The van der Waals surface area contributed by atoms with Gasteiger partial charge in [0.1, 0.15) is 0 Å². The Morgan fingerprint density at radius 3 is 2.71 bits per heavy atom. The smallest absolute Gasteiger partial charge is 0.228 e. The highest BCUT2D eigenvalue weighted by atomic mass is 17.1. The lowest BCUT2D eigenvalue weighted by Gasteiger charge is -2.27. The van der Waals surface area contributed by atoms with Crippen LogP contribution in [0.15, 0.2) is 36.5 Å². The van der Waals surface area contributed by atoms with E-state index < -0.39 is 5.60 Å². The van der Waals surface area contributed by atoms with Crippen LogP contribution in [0.5, 0.6) is 0 Å². The molecule has 0 bridgehead atoms. The molecular weight excluding hydrogens is 218 g/mol. The predicted molar refractivity (Wildman–Crippen MR) is 64.4 cm³/mol. The third kappa shape index (κ3) is 1.41. The molecule has 0 aliphatic carbocycles. The number of para-hydroxylation sites is 1. The molecule has 4 nitrogen and oxygen atoms in total. The number of carbonyl (C=O) groups is 1. The van der Waals surface area contributed by atoms with Crippen molar-refractivity contribution in [2.75, 3.05) is 4.90 Å². The van der Waals surface area contributed by atoms with Gasteiger partial charge in [0.2, 0.25) is 5.91 Å². The van der Waals surface area contributed by atoms with Crippen molar-refractivity contribution in [2.45, 2.75) is 25.9 Å². The number of carbonyl (C=O) groups excluding carboxylic acids is 1. The summed E-state index contributed by atoms with van der Waals surface area (Å²) in [6.07, 6.45) is 0.503. The van der Waals surface area contributed by atoms with E-state index >= 15 is 0 Å². The number of fused-ring (bicyclic) bond motifs is 1. The van der Waals surface area contributed by atoms with Gasteiger partial charge in [0.15, 0.2) is 5.60 Å². The molecule has 1 heterocycles. The topological polar surface area (TPSA) is 49.8 Å². The van der Waals surface area contributed by atoms with Crippen molar-refractivity contribution in [1.82, 2.24) is 0 Å². The van der Waals surface area contributed by atoms with Crippen molar-refractivity contribution in [1.29, 1.82) is 0 Å². The lowest BCUT2D eigenvalue weighted by Crippen LogP contribution is -2.34. The van der Waals surface area contributed by atoms with Gasteiger partial charge in [0.25, 0.3) is 0 Å². The largest absolute Gasteiger partial charge is 0.282 e. The SMILES string of the molecule is C=C1N(C(C)=O)c2ccccc2C1(CC)OO. The van der Waals surface area contributed by atoms with Gasteiger partial charge in [-0.2, -0.15) is 0 Å². The zero-order chi connectivity index (χ0) is 12.6. The maximum Gasteiger partial charge on any atom is 0.228 e. The van der Waals surface area contributed by atoms with Crippen LogP contribution in [-0.4, -0.2) is 11.2 Å². The summed E-state index contributed by atoms with van der Waals surface area (Å²) in [6.45, 7) is 7.23. The van der Waals surface area contributed by atoms with Crippen molar-refractivity contribution < 1.29 is 14.9 Å². The van der Waals surface area contributed by atoms with Crippen molar-refractivity contribution in [2.24, 2.45) is 0 Å². The minimum absolute atomic E-state index is 0.144. The van der Waals surface area contributed by atoms with Crippen LogP contribution in [0.2, 0.25) is 0 Å². The number of rotatable bonds is 2. The molecule has 1 unspecified atom stereocenters. The second kappa shape index (κ2) is 3.98. The summed E-state index contributed by atoms with van der Waals surface area (Å²) in [5, 5.41) is 9.23. The maximum atomic E-state index is 11.7. The molecule has 2 rings (SSSR count). The summed E-state index contributed by atoms with van der Waals surface area (Å²) in [5.41, 5.74) is 0.935. The van der Waals surface area contributed by atoms with Crippen molar-refractivity contribution in [3.05, 3.63) is 42.1 Å². The number of hydrogen-bond donors (Lipinski definition) is 1. The van der Waals surface area contributed by atoms with E-state index in [1.165, 1.54) is 11.8 Å². The van der Waals surface area contributed by atoms with Crippen LogP contribution in [0.25, 0.3) is 0 Å². The van der Waals surface area contributed by atoms with Crippen LogP contribution in [0.3, 0.4) is 0 Å². The van der Waals surface area contributed by atoms with Gasteiger partial charge in [-0.3, -0.25) is 15.0 Å². The second-order valence-corrected chi connectivity index (χ2v) is 4.09. The zero-order valence-electron chi connectivity index (χ0n) is 9.93. The fourth-order valence-electron chi connectivity index (χ4n) is 2.41. The average molecular weight is 233 g/mol. The highest BCUT2D eigenvalue weighted by molar-refractivity contribution is 5.98. The first-order chi connectivity index (χ1) is 8.08. The molecule has 1 aliphatic heterocycles. The molecular formula is C13H15NO3. The molecule has 1 N–H and O–H groups in total. The highest BCUT2D eigenvalue weighted by Gasteiger charge is 2.48. The number of hydrogen-bond acceptors (Lipinski definition) is 3. The molecule has 1 atom stereocenters. The fraction of sp³-hybridized carbons (Fsp3) is 0.308. The molecule has 0 fully saturated rings. The van der Waals surface area contributed by atoms with E-state index in [1.807, 2.05) is 31.2 Å². The average Bonchev–Trinajstić information content (AvgIpc) is 2.58. The summed E-state index contributed by atoms with van der Waals surface area (Å²) >= 11 is 0. The van der Waals surface area contributed by atoms with Crippen LogP contribution >= 0.6 is 0 Å². The second-order valence-electron chi connectivity index (χ2n) is 4.09.